The molecule has 1 aromatic heterocycles. The first-order chi connectivity index (χ1) is 14.9. The number of halogens is 1. The number of aryl methyl sites for hydroxylation is 1. The molecule has 4 rings (SSSR count). The van der Waals surface area contributed by atoms with Gasteiger partial charge in [0, 0.05) is 10.7 Å². The second kappa shape index (κ2) is 8.75. The van der Waals surface area contributed by atoms with E-state index in [0.717, 1.165) is 5.56 Å². The van der Waals surface area contributed by atoms with E-state index in [4.69, 9.17) is 28.2 Å². The van der Waals surface area contributed by atoms with Crippen LogP contribution in [0.15, 0.2) is 65.1 Å². The maximum Gasteiger partial charge on any atom is 0.231 e. The summed E-state index contributed by atoms with van der Waals surface area (Å²) in [5.74, 6) is 0.104. The van der Waals surface area contributed by atoms with Crippen molar-refractivity contribution >= 4 is 51.6 Å². The molecule has 0 aliphatic carbocycles. The highest BCUT2D eigenvalue weighted by Crippen LogP contribution is 2.36. The van der Waals surface area contributed by atoms with Crippen molar-refractivity contribution < 1.29 is 14.3 Å². The Balaban J connectivity index is 1.49. The summed E-state index contributed by atoms with van der Waals surface area (Å²) in [4.78, 5) is 16.7. The van der Waals surface area contributed by atoms with E-state index in [1.165, 1.54) is 0 Å². The van der Waals surface area contributed by atoms with Crippen LogP contribution in [0.4, 0.5) is 5.69 Å². The second-order valence-corrected chi connectivity index (χ2v) is 7.83. The fourth-order valence-corrected chi connectivity index (χ4v) is 3.48. The third-order valence-electron chi connectivity index (χ3n) is 4.61. The van der Waals surface area contributed by atoms with E-state index >= 15 is 0 Å². The molecule has 3 aromatic carbocycles. The van der Waals surface area contributed by atoms with Crippen LogP contribution >= 0.6 is 23.8 Å². The number of carbonyl (C=O) groups is 1. The predicted molar refractivity (Wildman–Crippen MR) is 125 cm³/mol. The molecule has 0 bridgehead atoms. The average Bonchev–Trinajstić information content (AvgIpc) is 3.16. The fourth-order valence-electron chi connectivity index (χ4n) is 3.12. The minimum atomic E-state index is -0.255. The van der Waals surface area contributed by atoms with E-state index in [1.54, 1.807) is 43.3 Å². The summed E-state index contributed by atoms with van der Waals surface area (Å²) < 4.78 is 5.78. The summed E-state index contributed by atoms with van der Waals surface area (Å²) in [6, 6.07) is 17.8. The van der Waals surface area contributed by atoms with Gasteiger partial charge in [-0.25, -0.2) is 4.98 Å². The standard InChI is InChI=1S/C23H18ClN3O3S/c1-13-10-16(25-23(31)27-20(28)11-14-6-8-15(24)9-7-14)12-17(21(13)29)22-26-18-4-2-3-5-19(18)30-22/h2-10,12,29H,11H2,1H3,(H2,25,27,28,31). The van der Waals surface area contributed by atoms with Gasteiger partial charge in [-0.05, 0) is 66.7 Å². The molecule has 1 heterocycles. The fraction of sp³-hybridized carbons (Fsp3) is 0.0870. The van der Waals surface area contributed by atoms with E-state index in [1.807, 2.05) is 24.3 Å². The molecule has 0 atom stereocenters. The van der Waals surface area contributed by atoms with Gasteiger partial charge < -0.3 is 20.2 Å². The van der Waals surface area contributed by atoms with Gasteiger partial charge in [-0.3, -0.25) is 4.79 Å². The smallest absolute Gasteiger partial charge is 0.231 e. The number of thiocarbonyl (C=S) groups is 1. The summed E-state index contributed by atoms with van der Waals surface area (Å²) in [7, 11) is 0. The number of fused-ring (bicyclic) bond motifs is 1. The normalized spacial score (nSPS) is 10.8. The van der Waals surface area contributed by atoms with E-state index in [0.29, 0.717) is 38.8 Å². The summed E-state index contributed by atoms with van der Waals surface area (Å²) in [6.45, 7) is 1.76. The van der Waals surface area contributed by atoms with Crippen LogP contribution in [-0.4, -0.2) is 21.1 Å². The number of anilines is 1. The topological polar surface area (TPSA) is 87.4 Å². The maximum absolute atomic E-state index is 12.3. The molecular formula is C23H18ClN3O3S. The lowest BCUT2D eigenvalue weighted by Crippen LogP contribution is -2.35. The van der Waals surface area contributed by atoms with E-state index in [2.05, 4.69) is 15.6 Å². The number of phenolic OH excluding ortho intramolecular Hbond substituents is 1. The van der Waals surface area contributed by atoms with Gasteiger partial charge in [-0.1, -0.05) is 35.9 Å². The second-order valence-electron chi connectivity index (χ2n) is 6.98. The first kappa shape index (κ1) is 20.8. The third kappa shape index (κ3) is 4.84. The first-order valence-corrected chi connectivity index (χ1v) is 10.2. The summed E-state index contributed by atoms with van der Waals surface area (Å²) in [6.07, 6.45) is 0.168. The van der Waals surface area contributed by atoms with Crippen molar-refractivity contribution in [2.45, 2.75) is 13.3 Å². The zero-order chi connectivity index (χ0) is 22.0. The molecule has 8 heteroatoms. The number of carbonyl (C=O) groups excluding carboxylic acids is 1. The largest absolute Gasteiger partial charge is 0.507 e. The number of aromatic nitrogens is 1. The molecule has 0 saturated carbocycles. The number of amides is 1. The van der Waals surface area contributed by atoms with Crippen LogP contribution < -0.4 is 10.6 Å². The van der Waals surface area contributed by atoms with Gasteiger partial charge in [0.2, 0.25) is 11.8 Å². The van der Waals surface area contributed by atoms with Crippen molar-refractivity contribution in [2.75, 3.05) is 5.32 Å². The van der Waals surface area contributed by atoms with Crippen molar-refractivity contribution in [3.8, 4) is 17.2 Å². The lowest BCUT2D eigenvalue weighted by molar-refractivity contribution is -0.119. The molecule has 1 amide bonds. The SMILES string of the molecule is Cc1cc(NC(=S)NC(=O)Cc2ccc(Cl)cc2)cc(-c2nc3ccccc3o2)c1O. The van der Waals surface area contributed by atoms with Crippen LogP contribution in [0.2, 0.25) is 5.02 Å². The van der Waals surface area contributed by atoms with E-state index < -0.39 is 0 Å². The minimum Gasteiger partial charge on any atom is -0.507 e. The molecular weight excluding hydrogens is 434 g/mol. The monoisotopic (exact) mass is 451 g/mol. The number of hydrogen-bond donors (Lipinski definition) is 3. The molecule has 0 spiro atoms. The molecule has 0 fully saturated rings. The van der Waals surface area contributed by atoms with Crippen molar-refractivity contribution in [1.82, 2.24) is 10.3 Å². The molecule has 3 N–H and O–H groups in total. The van der Waals surface area contributed by atoms with Gasteiger partial charge in [0.05, 0.1) is 12.0 Å². The van der Waals surface area contributed by atoms with Gasteiger partial charge in [-0.15, -0.1) is 0 Å². The van der Waals surface area contributed by atoms with Crippen LogP contribution in [0.5, 0.6) is 5.75 Å². The molecule has 6 nitrogen and oxygen atoms in total. The number of rotatable bonds is 4. The van der Waals surface area contributed by atoms with E-state index in [-0.39, 0.29) is 23.2 Å². The van der Waals surface area contributed by atoms with Crippen molar-refractivity contribution in [3.63, 3.8) is 0 Å². The highest BCUT2D eigenvalue weighted by atomic mass is 35.5. The number of benzene rings is 3. The summed E-state index contributed by atoms with van der Waals surface area (Å²) >= 11 is 11.1. The predicted octanol–water partition coefficient (Wildman–Crippen LogP) is 5.22. The van der Waals surface area contributed by atoms with Gasteiger partial charge in [0.25, 0.3) is 0 Å². The first-order valence-electron chi connectivity index (χ1n) is 9.44. The molecule has 0 aliphatic rings. The summed E-state index contributed by atoms with van der Waals surface area (Å²) in [5, 5.41) is 16.9. The number of hydrogen-bond acceptors (Lipinski definition) is 5. The molecule has 0 unspecified atom stereocenters. The third-order valence-corrected chi connectivity index (χ3v) is 5.07. The molecule has 4 aromatic rings. The Labute approximate surface area is 188 Å². The molecule has 0 saturated heterocycles. The van der Waals surface area contributed by atoms with Crippen LogP contribution in [-0.2, 0) is 11.2 Å². The molecule has 156 valence electrons. The van der Waals surface area contributed by atoms with E-state index in [9.17, 15) is 9.90 Å². The Morgan fingerprint density at radius 2 is 1.90 bits per heavy atom. The number of aromatic hydroxyl groups is 1. The Bertz CT molecular complexity index is 1250. The van der Waals surface area contributed by atoms with Crippen LogP contribution in [0.3, 0.4) is 0 Å². The minimum absolute atomic E-state index is 0.0646. The van der Waals surface area contributed by atoms with Crippen molar-refractivity contribution in [3.05, 3.63) is 76.8 Å². The molecule has 0 radical (unpaired) electrons. The summed E-state index contributed by atoms with van der Waals surface area (Å²) in [5.41, 5.74) is 3.76. The van der Waals surface area contributed by atoms with Gasteiger partial charge in [0.15, 0.2) is 10.7 Å². The lowest BCUT2D eigenvalue weighted by atomic mass is 10.1. The van der Waals surface area contributed by atoms with Crippen LogP contribution in [0.1, 0.15) is 11.1 Å². The molecule has 0 aliphatic heterocycles. The number of para-hydroxylation sites is 2. The molecule has 31 heavy (non-hydrogen) atoms. The van der Waals surface area contributed by atoms with Crippen LogP contribution in [0.25, 0.3) is 22.6 Å². The maximum atomic E-state index is 12.3. The van der Waals surface area contributed by atoms with Gasteiger partial charge in [0.1, 0.15) is 11.3 Å². The zero-order valence-corrected chi connectivity index (χ0v) is 18.1. The Hall–Kier alpha value is -3.42. The van der Waals surface area contributed by atoms with Crippen molar-refractivity contribution in [2.24, 2.45) is 0 Å². The number of phenols is 1. The average molecular weight is 452 g/mol. The highest BCUT2D eigenvalue weighted by Gasteiger charge is 2.16. The van der Waals surface area contributed by atoms with Crippen LogP contribution in [0, 0.1) is 6.92 Å². The van der Waals surface area contributed by atoms with Gasteiger partial charge >= 0.3 is 0 Å². The quantitative estimate of drug-likeness (QED) is 0.291. The highest BCUT2D eigenvalue weighted by molar-refractivity contribution is 7.80. The van der Waals surface area contributed by atoms with Gasteiger partial charge in [-0.2, -0.15) is 0 Å². The number of nitrogens with one attached hydrogen (secondary N) is 2. The van der Waals surface area contributed by atoms with Crippen molar-refractivity contribution in [1.29, 1.82) is 0 Å². The zero-order valence-electron chi connectivity index (χ0n) is 16.5. The Kier molecular flexibility index (Phi) is 5.88. The number of nitrogens with zero attached hydrogens (tertiary/aromatic N) is 1. The number of oxazole rings is 1. The lowest BCUT2D eigenvalue weighted by Gasteiger charge is -2.12. The Morgan fingerprint density at radius 3 is 2.65 bits per heavy atom. The Morgan fingerprint density at radius 1 is 1.16 bits per heavy atom.